The van der Waals surface area contributed by atoms with Gasteiger partial charge in [0, 0.05) is 79.5 Å². The van der Waals surface area contributed by atoms with Crippen LogP contribution in [0.1, 0.15) is 45.6 Å². The predicted molar refractivity (Wildman–Crippen MR) is 302 cm³/mol. The number of fused-ring (bicyclic) bond motifs is 2. The Morgan fingerprint density at radius 2 is 1.14 bits per heavy atom. The number of nitrogens with zero attached hydrogens (tertiary/aromatic N) is 13. The van der Waals surface area contributed by atoms with Crippen LogP contribution in [0.25, 0.3) is 44.6 Å². The SMILES string of the molecule is CN(C)C/C=C/C(=O)N1CC[C@@H](n2nc(-c3ccc(C(=O)Nc4ccccn4)cc3)c3c(N)ncnc32)C1.CN(C)C/C=C/C(=O)O.Cl.Nc1ncnc2c1c(-c1ccc(C(=O)Nc3ccccn3)cc1)nn2[C@@H]1CCNC1. The Bertz CT molecular complexity index is 3380. The van der Waals surface area contributed by atoms with Crippen molar-refractivity contribution in [3.05, 3.63) is 145 Å². The van der Waals surface area contributed by atoms with Crippen molar-refractivity contribution in [2.45, 2.75) is 24.9 Å². The van der Waals surface area contributed by atoms with Crippen molar-refractivity contribution in [2.75, 3.05) is 89.6 Å². The second-order valence-electron chi connectivity index (χ2n) is 18.5. The number of pyridine rings is 2. The second kappa shape index (κ2) is 26.6. The largest absolute Gasteiger partial charge is 0.478 e. The minimum Gasteiger partial charge on any atom is -0.478 e. The number of hydrogen-bond donors (Lipinski definition) is 6. The zero-order chi connectivity index (χ0) is 54.4. The van der Waals surface area contributed by atoms with Crippen LogP contribution in [0.15, 0.2) is 134 Å². The number of aliphatic carboxylic acids is 1. The van der Waals surface area contributed by atoms with E-state index < -0.39 is 5.97 Å². The second-order valence-corrected chi connectivity index (χ2v) is 18.5. The van der Waals surface area contributed by atoms with E-state index in [0.29, 0.717) is 83.0 Å². The number of hydrogen-bond acceptors (Lipinski definition) is 17. The normalized spacial score (nSPS) is 15.0. The topological polar surface area (TPSA) is 299 Å². The number of carboxylic acids is 1. The van der Waals surface area contributed by atoms with Gasteiger partial charge >= 0.3 is 5.97 Å². The molecule has 6 aromatic heterocycles. The summed E-state index contributed by atoms with van der Waals surface area (Å²) in [6.45, 7) is 4.32. The van der Waals surface area contributed by atoms with Crippen LogP contribution in [-0.4, -0.2) is 160 Å². The average molecular weight is 1080 g/mol. The number of nitrogen functional groups attached to an aromatic ring is 2. The molecule has 24 heteroatoms. The van der Waals surface area contributed by atoms with E-state index in [-0.39, 0.29) is 42.2 Å². The van der Waals surface area contributed by atoms with E-state index in [9.17, 15) is 19.2 Å². The molecule has 8 aromatic rings. The van der Waals surface area contributed by atoms with Gasteiger partial charge in [0.15, 0.2) is 11.3 Å². The van der Waals surface area contributed by atoms with E-state index in [1.165, 1.54) is 12.7 Å². The number of nitrogens with two attached hydrogens (primary N) is 2. The van der Waals surface area contributed by atoms with Crippen LogP contribution >= 0.6 is 12.4 Å². The van der Waals surface area contributed by atoms with Crippen molar-refractivity contribution in [3.8, 4) is 22.5 Å². The molecule has 2 atom stereocenters. The van der Waals surface area contributed by atoms with E-state index in [2.05, 4.69) is 45.9 Å². The van der Waals surface area contributed by atoms with Crippen molar-refractivity contribution in [1.29, 1.82) is 0 Å². The summed E-state index contributed by atoms with van der Waals surface area (Å²) in [7, 11) is 7.68. The molecule has 2 saturated heterocycles. The summed E-state index contributed by atoms with van der Waals surface area (Å²) in [4.78, 5) is 78.9. The molecule has 404 valence electrons. The van der Waals surface area contributed by atoms with Gasteiger partial charge in [0.25, 0.3) is 11.8 Å². The highest BCUT2D eigenvalue weighted by Crippen LogP contribution is 2.35. The molecule has 0 aliphatic carbocycles. The maximum absolute atomic E-state index is 12.7. The summed E-state index contributed by atoms with van der Waals surface area (Å²) in [5, 5.41) is 28.1. The van der Waals surface area contributed by atoms with Crippen LogP contribution in [-0.2, 0) is 9.59 Å². The van der Waals surface area contributed by atoms with Crippen molar-refractivity contribution in [3.63, 3.8) is 0 Å². The predicted octanol–water partition coefficient (Wildman–Crippen LogP) is 5.48. The summed E-state index contributed by atoms with van der Waals surface area (Å²) >= 11 is 0. The summed E-state index contributed by atoms with van der Waals surface area (Å²) in [5.41, 5.74) is 17.8. The zero-order valence-electron chi connectivity index (χ0n) is 43.5. The van der Waals surface area contributed by atoms with Crippen molar-refractivity contribution in [1.82, 2.24) is 69.5 Å². The number of benzene rings is 2. The number of nitrogens with one attached hydrogen (secondary N) is 3. The highest BCUT2D eigenvalue weighted by Gasteiger charge is 2.30. The molecule has 2 aromatic carbocycles. The Balaban J connectivity index is 0.000000197. The standard InChI is InChI=1S/C27H29N9O2.C21H20N8O.C6H11NO2.ClH/c1-34(2)14-5-7-22(37)35-15-12-20(16-35)36-26-23(25(28)30-17-31-26)24(33-36)18-8-10-19(11-9-18)27(38)32-21-6-3-4-13-29-21;22-19-17-18(28-29(15-8-10-23-11-15)20(17)26-12-25-19)13-4-6-14(7-5-13)21(30)27-16-3-1-2-9-24-16;1-7(2)5-3-4-6(8)9;/h3-11,13,17,20H,12,14-16H2,1-2H3,(H2,28,30,31)(H,29,32,38);1-7,9,12,15,23H,8,10-11H2,(H2,22,25,26)(H,24,27,30);3-4H,5H2,1-2H3,(H,8,9);1H/b7-5+;;4-3+;/t20-;15-;;/m11../s1. The number of rotatable bonds is 14. The molecule has 0 saturated carbocycles. The molecule has 2 aliphatic rings. The highest BCUT2D eigenvalue weighted by molar-refractivity contribution is 6.06. The van der Waals surface area contributed by atoms with Crippen LogP contribution in [0, 0.1) is 0 Å². The smallest absolute Gasteiger partial charge is 0.328 e. The van der Waals surface area contributed by atoms with Gasteiger partial charge in [-0.05, 0) is 96.1 Å². The Morgan fingerprint density at radius 3 is 1.58 bits per heavy atom. The Kier molecular flexibility index (Phi) is 19.4. The first-order valence-corrected chi connectivity index (χ1v) is 24.7. The van der Waals surface area contributed by atoms with Crippen molar-refractivity contribution in [2.24, 2.45) is 0 Å². The molecule has 3 amide bonds. The Hall–Kier alpha value is -9.03. The van der Waals surface area contributed by atoms with Gasteiger partial charge in [-0.2, -0.15) is 10.2 Å². The fourth-order valence-electron chi connectivity index (χ4n) is 8.54. The maximum atomic E-state index is 12.7. The van der Waals surface area contributed by atoms with Crippen molar-refractivity contribution < 1.29 is 24.3 Å². The van der Waals surface area contributed by atoms with E-state index in [1.807, 2.05) is 88.7 Å². The monoisotopic (exact) mass is 1080 g/mol. The fourth-order valence-corrected chi connectivity index (χ4v) is 8.54. The van der Waals surface area contributed by atoms with Gasteiger partial charge in [-0.3, -0.25) is 14.4 Å². The van der Waals surface area contributed by atoms with E-state index in [0.717, 1.165) is 54.2 Å². The lowest BCUT2D eigenvalue weighted by molar-refractivity contribution is -0.131. The van der Waals surface area contributed by atoms with Crippen LogP contribution in [0.3, 0.4) is 0 Å². The number of anilines is 4. The number of halogens is 1. The van der Waals surface area contributed by atoms with Crippen molar-refractivity contribution >= 4 is 81.4 Å². The Labute approximate surface area is 455 Å². The van der Waals surface area contributed by atoms with Gasteiger partial charge in [0.1, 0.15) is 47.3 Å². The molecule has 2 fully saturated rings. The van der Waals surface area contributed by atoms with Gasteiger partial charge < -0.3 is 47.2 Å². The third kappa shape index (κ3) is 14.3. The number of carboxylic acid groups (broad SMARTS) is 1. The number of aromatic nitrogens is 10. The molecule has 0 spiro atoms. The molecule has 0 unspecified atom stereocenters. The minimum absolute atomic E-state index is 0. The maximum Gasteiger partial charge on any atom is 0.328 e. The third-order valence-electron chi connectivity index (χ3n) is 12.4. The molecule has 23 nitrogen and oxygen atoms in total. The lowest BCUT2D eigenvalue weighted by atomic mass is 10.1. The van der Waals surface area contributed by atoms with Gasteiger partial charge in [-0.15, -0.1) is 12.4 Å². The van der Waals surface area contributed by atoms with E-state index >= 15 is 0 Å². The molecular weight excluding hydrogens is 1020 g/mol. The minimum atomic E-state index is -0.892. The summed E-state index contributed by atoms with van der Waals surface area (Å²) in [6, 6.07) is 25.2. The number of likely N-dealkylation sites (N-methyl/N-ethyl adjacent to an activating group) is 2. The van der Waals surface area contributed by atoms with E-state index in [1.54, 1.807) is 79.1 Å². The first-order valence-electron chi connectivity index (χ1n) is 24.7. The fraction of sp³-hybridized carbons (Fsp3) is 0.259. The average Bonchev–Trinajstić information content (AvgIpc) is 4.36. The van der Waals surface area contributed by atoms with Crippen LogP contribution in [0.2, 0.25) is 0 Å². The van der Waals surface area contributed by atoms with Gasteiger partial charge in [0.2, 0.25) is 5.91 Å². The van der Waals surface area contributed by atoms with Gasteiger partial charge in [-0.1, -0.05) is 48.6 Å². The third-order valence-corrected chi connectivity index (χ3v) is 12.4. The lowest BCUT2D eigenvalue weighted by Crippen LogP contribution is -2.28. The molecule has 8 heterocycles. The quantitative estimate of drug-likeness (QED) is 0.0735. The van der Waals surface area contributed by atoms with E-state index in [4.69, 9.17) is 26.8 Å². The highest BCUT2D eigenvalue weighted by atomic mass is 35.5. The lowest BCUT2D eigenvalue weighted by Gasteiger charge is -2.15. The molecule has 2 aliphatic heterocycles. The molecule has 0 radical (unpaired) electrons. The Morgan fingerprint density at radius 1 is 0.654 bits per heavy atom. The molecule has 0 bridgehead atoms. The number of amides is 3. The summed E-state index contributed by atoms with van der Waals surface area (Å²) in [6.07, 6.45) is 14.1. The number of carbonyl (C=O) groups excluding carboxylic acids is 3. The molecule has 10 rings (SSSR count). The molecule has 78 heavy (non-hydrogen) atoms. The van der Waals surface area contributed by atoms with Crippen LogP contribution < -0.4 is 27.4 Å². The van der Waals surface area contributed by atoms with Crippen LogP contribution in [0.5, 0.6) is 0 Å². The first kappa shape index (κ1) is 56.7. The van der Waals surface area contributed by atoms with Crippen LogP contribution in [0.4, 0.5) is 23.3 Å². The summed E-state index contributed by atoms with van der Waals surface area (Å²) < 4.78 is 3.78. The number of carbonyl (C=O) groups is 4. The van der Waals surface area contributed by atoms with Gasteiger partial charge in [-0.25, -0.2) is 44.1 Å². The first-order chi connectivity index (χ1) is 37.2. The zero-order valence-corrected chi connectivity index (χ0v) is 44.3. The molecular formula is C54H61ClN18O5. The van der Waals surface area contributed by atoms with Gasteiger partial charge in [0.05, 0.1) is 22.9 Å². The summed E-state index contributed by atoms with van der Waals surface area (Å²) in [5.74, 6) is 0.311. The number of likely N-dealkylation sites (tertiary alicyclic amines) is 1. The molecule has 8 N–H and O–H groups in total.